The maximum absolute atomic E-state index is 2.62. The highest BCUT2D eigenvalue weighted by Gasteiger charge is 2.41. The van der Waals surface area contributed by atoms with E-state index in [0.717, 1.165) is 23.9 Å². The van der Waals surface area contributed by atoms with Gasteiger partial charge in [0.2, 0.25) is 0 Å². The molecule has 0 aromatic rings. The van der Waals surface area contributed by atoms with Gasteiger partial charge in [-0.05, 0) is 38.1 Å². The fourth-order valence-electron chi connectivity index (χ4n) is 2.98. The Balaban J connectivity index is 2.16. The van der Waals surface area contributed by atoms with Gasteiger partial charge >= 0.3 is 0 Å². The van der Waals surface area contributed by atoms with Crippen LogP contribution >= 0.6 is 0 Å². The Morgan fingerprint density at radius 3 is 2.64 bits per heavy atom. The predicted octanol–water partition coefficient (Wildman–Crippen LogP) is 2.13. The molecule has 4 unspecified atom stereocenters. The molecule has 64 valence electrons. The van der Waals surface area contributed by atoms with Crippen molar-refractivity contribution in [1.29, 1.82) is 0 Å². The monoisotopic (exact) mass is 153 g/mol. The van der Waals surface area contributed by atoms with Crippen LogP contribution in [0.15, 0.2) is 0 Å². The van der Waals surface area contributed by atoms with E-state index in [4.69, 9.17) is 0 Å². The Labute approximate surface area is 69.8 Å². The molecule has 0 saturated carbocycles. The smallest absolute Gasteiger partial charge is 0.0124 e. The molecule has 1 nitrogen and oxygen atoms in total. The summed E-state index contributed by atoms with van der Waals surface area (Å²) in [5.41, 5.74) is 0. The number of rotatable bonds is 0. The Morgan fingerprint density at radius 2 is 1.91 bits per heavy atom. The van der Waals surface area contributed by atoms with E-state index in [0.29, 0.717) is 0 Å². The van der Waals surface area contributed by atoms with Crippen LogP contribution in [0.5, 0.6) is 0 Å². The van der Waals surface area contributed by atoms with Gasteiger partial charge < -0.3 is 4.90 Å². The summed E-state index contributed by atoms with van der Waals surface area (Å²) < 4.78 is 0. The molecule has 0 aromatic heterocycles. The van der Waals surface area contributed by atoms with Gasteiger partial charge in [-0.2, -0.15) is 0 Å². The molecule has 0 aromatic carbocycles. The van der Waals surface area contributed by atoms with E-state index in [1.807, 2.05) is 0 Å². The Bertz CT molecular complexity index is 155. The normalized spacial score (nSPS) is 51.5. The van der Waals surface area contributed by atoms with E-state index in [2.05, 4.69) is 25.8 Å². The lowest BCUT2D eigenvalue weighted by Gasteiger charge is -2.40. The van der Waals surface area contributed by atoms with E-state index in [-0.39, 0.29) is 0 Å². The van der Waals surface area contributed by atoms with Crippen molar-refractivity contribution in [2.45, 2.75) is 45.2 Å². The van der Waals surface area contributed by atoms with E-state index in [1.54, 1.807) is 0 Å². The molecule has 2 fully saturated rings. The van der Waals surface area contributed by atoms with Crippen LogP contribution in [0.2, 0.25) is 0 Å². The fraction of sp³-hybridized carbons (Fsp3) is 1.00. The van der Waals surface area contributed by atoms with Gasteiger partial charge in [0.15, 0.2) is 0 Å². The van der Waals surface area contributed by atoms with Crippen molar-refractivity contribution in [2.75, 3.05) is 7.05 Å². The summed E-state index contributed by atoms with van der Waals surface area (Å²) in [7, 11) is 2.31. The van der Waals surface area contributed by atoms with Gasteiger partial charge in [0, 0.05) is 12.1 Å². The van der Waals surface area contributed by atoms with Gasteiger partial charge in [-0.1, -0.05) is 13.8 Å². The number of nitrogens with zero attached hydrogens (tertiary/aromatic N) is 1. The molecular weight excluding hydrogens is 134 g/mol. The molecule has 11 heavy (non-hydrogen) atoms. The lowest BCUT2D eigenvalue weighted by Crippen LogP contribution is -2.44. The summed E-state index contributed by atoms with van der Waals surface area (Å²) >= 11 is 0. The van der Waals surface area contributed by atoms with Crippen LogP contribution in [0.1, 0.15) is 33.1 Å². The van der Waals surface area contributed by atoms with Gasteiger partial charge in [0.05, 0.1) is 0 Å². The van der Waals surface area contributed by atoms with Crippen LogP contribution in [0.4, 0.5) is 0 Å². The molecule has 2 aliphatic heterocycles. The van der Waals surface area contributed by atoms with Crippen molar-refractivity contribution in [3.8, 4) is 0 Å². The summed E-state index contributed by atoms with van der Waals surface area (Å²) in [6.45, 7) is 4.84. The first kappa shape index (κ1) is 7.60. The van der Waals surface area contributed by atoms with Crippen molar-refractivity contribution in [2.24, 2.45) is 11.8 Å². The third kappa shape index (κ3) is 1.01. The lowest BCUT2D eigenvalue weighted by molar-refractivity contribution is 0.0863. The molecular formula is C10H19N. The minimum atomic E-state index is 0.906. The minimum Gasteiger partial charge on any atom is -0.300 e. The zero-order valence-corrected chi connectivity index (χ0v) is 7.88. The van der Waals surface area contributed by atoms with E-state index in [9.17, 15) is 0 Å². The standard InChI is InChI=1S/C10H19N/c1-7-6-9-4-5-10(8(7)2)11(9)3/h7-10H,4-6H2,1-3H3. The molecule has 0 radical (unpaired) electrons. The highest BCUT2D eigenvalue weighted by molar-refractivity contribution is 4.95. The van der Waals surface area contributed by atoms with Crippen LogP contribution in [0.25, 0.3) is 0 Å². The minimum absolute atomic E-state index is 0.906. The molecule has 1 heteroatoms. The SMILES string of the molecule is CC1CC2CCC(C1C)N2C. The summed E-state index contributed by atoms with van der Waals surface area (Å²) in [4.78, 5) is 2.62. The second-order valence-electron chi connectivity index (χ2n) is 4.54. The summed E-state index contributed by atoms with van der Waals surface area (Å²) in [5.74, 6) is 1.89. The van der Waals surface area contributed by atoms with Crippen LogP contribution in [0, 0.1) is 11.8 Å². The molecule has 2 rings (SSSR count). The Hall–Kier alpha value is -0.0400. The van der Waals surface area contributed by atoms with E-state index >= 15 is 0 Å². The zero-order chi connectivity index (χ0) is 8.01. The third-order valence-electron chi connectivity index (χ3n) is 4.04. The molecule has 4 atom stereocenters. The van der Waals surface area contributed by atoms with Gasteiger partial charge in [-0.25, -0.2) is 0 Å². The summed E-state index contributed by atoms with van der Waals surface area (Å²) in [5, 5.41) is 0. The fourth-order valence-corrected chi connectivity index (χ4v) is 2.98. The average Bonchev–Trinajstić information content (AvgIpc) is 2.23. The largest absolute Gasteiger partial charge is 0.300 e. The third-order valence-corrected chi connectivity index (χ3v) is 4.04. The topological polar surface area (TPSA) is 3.24 Å². The van der Waals surface area contributed by atoms with Crippen LogP contribution in [0.3, 0.4) is 0 Å². The zero-order valence-electron chi connectivity index (χ0n) is 7.88. The number of hydrogen-bond donors (Lipinski definition) is 0. The first-order valence-corrected chi connectivity index (χ1v) is 4.92. The van der Waals surface area contributed by atoms with Gasteiger partial charge in [-0.15, -0.1) is 0 Å². The second-order valence-corrected chi connectivity index (χ2v) is 4.54. The Kier molecular flexibility index (Phi) is 1.71. The van der Waals surface area contributed by atoms with Crippen molar-refractivity contribution >= 4 is 0 Å². The molecule has 2 bridgehead atoms. The van der Waals surface area contributed by atoms with E-state index < -0.39 is 0 Å². The maximum atomic E-state index is 2.62. The number of hydrogen-bond acceptors (Lipinski definition) is 1. The number of piperidine rings is 1. The molecule has 0 aliphatic carbocycles. The van der Waals surface area contributed by atoms with Gasteiger partial charge in [-0.3, -0.25) is 0 Å². The summed E-state index contributed by atoms with van der Waals surface area (Å²) in [6.07, 6.45) is 4.34. The van der Waals surface area contributed by atoms with Gasteiger partial charge in [0.1, 0.15) is 0 Å². The molecule has 2 heterocycles. The van der Waals surface area contributed by atoms with Crippen molar-refractivity contribution < 1.29 is 0 Å². The highest BCUT2D eigenvalue weighted by Crippen LogP contribution is 2.40. The van der Waals surface area contributed by atoms with Crippen molar-refractivity contribution in [3.05, 3.63) is 0 Å². The second kappa shape index (κ2) is 2.48. The van der Waals surface area contributed by atoms with E-state index in [1.165, 1.54) is 19.3 Å². The molecule has 0 amide bonds. The highest BCUT2D eigenvalue weighted by atomic mass is 15.2. The molecule has 2 saturated heterocycles. The maximum Gasteiger partial charge on any atom is 0.0124 e. The van der Waals surface area contributed by atoms with Crippen LogP contribution < -0.4 is 0 Å². The lowest BCUT2D eigenvalue weighted by atomic mass is 9.83. The Morgan fingerprint density at radius 1 is 1.18 bits per heavy atom. The molecule has 0 N–H and O–H groups in total. The quantitative estimate of drug-likeness (QED) is 0.515. The summed E-state index contributed by atoms with van der Waals surface area (Å²) in [6, 6.07) is 1.83. The first-order chi connectivity index (χ1) is 5.20. The molecule has 2 aliphatic rings. The van der Waals surface area contributed by atoms with Crippen LogP contribution in [-0.4, -0.2) is 24.0 Å². The molecule has 0 spiro atoms. The van der Waals surface area contributed by atoms with Crippen molar-refractivity contribution in [3.63, 3.8) is 0 Å². The average molecular weight is 153 g/mol. The van der Waals surface area contributed by atoms with Gasteiger partial charge in [0.25, 0.3) is 0 Å². The first-order valence-electron chi connectivity index (χ1n) is 4.92. The van der Waals surface area contributed by atoms with Crippen LogP contribution in [-0.2, 0) is 0 Å². The van der Waals surface area contributed by atoms with Crippen molar-refractivity contribution in [1.82, 2.24) is 4.90 Å². The predicted molar refractivity (Wildman–Crippen MR) is 47.5 cm³/mol. The number of fused-ring (bicyclic) bond motifs is 2.